The maximum absolute atomic E-state index is 12.6. The first-order chi connectivity index (χ1) is 10.4. The van der Waals surface area contributed by atoms with Gasteiger partial charge in [-0.15, -0.1) is 13.2 Å². The topological polar surface area (TPSA) is 38.3 Å². The molecule has 2 aliphatic rings. The number of fused-ring (bicyclic) bond motifs is 2. The van der Waals surface area contributed by atoms with Gasteiger partial charge in [-0.05, 0) is 37.8 Å². The summed E-state index contributed by atoms with van der Waals surface area (Å²) in [6.07, 6.45) is 0.0972. The number of ether oxygens (including phenoxy) is 1. The van der Waals surface area contributed by atoms with Crippen molar-refractivity contribution in [2.24, 2.45) is 5.92 Å². The fraction of sp³-hybridized carbons (Fsp3) is 0.562. The van der Waals surface area contributed by atoms with Crippen molar-refractivity contribution in [3.63, 3.8) is 0 Å². The van der Waals surface area contributed by atoms with Crippen molar-refractivity contribution in [2.45, 2.75) is 50.6 Å². The molecule has 1 aromatic rings. The molecule has 2 fully saturated rings. The summed E-state index contributed by atoms with van der Waals surface area (Å²) in [5.41, 5.74) is 0.298. The molecule has 22 heavy (non-hydrogen) atoms. The van der Waals surface area contributed by atoms with Gasteiger partial charge in [-0.3, -0.25) is 4.79 Å². The van der Waals surface area contributed by atoms with Gasteiger partial charge >= 0.3 is 6.36 Å². The van der Waals surface area contributed by atoms with Crippen LogP contribution in [0.25, 0.3) is 0 Å². The summed E-state index contributed by atoms with van der Waals surface area (Å²) in [4.78, 5) is 12.6. The molecular formula is C16H18F3NO2. The number of rotatable bonds is 3. The van der Waals surface area contributed by atoms with Crippen molar-refractivity contribution in [1.29, 1.82) is 0 Å². The molecule has 2 aliphatic heterocycles. The summed E-state index contributed by atoms with van der Waals surface area (Å²) in [6, 6.07) is 6.10. The minimum absolute atomic E-state index is 0.0778. The molecule has 2 heterocycles. The number of nitrogens with one attached hydrogen (secondary N) is 1. The lowest BCUT2D eigenvalue weighted by molar-refractivity contribution is -0.274. The largest absolute Gasteiger partial charge is 0.573 e. The average molecular weight is 313 g/mol. The van der Waals surface area contributed by atoms with Crippen LogP contribution in [-0.4, -0.2) is 24.2 Å². The molecule has 2 atom stereocenters. The van der Waals surface area contributed by atoms with Gasteiger partial charge in [0.25, 0.3) is 0 Å². The third kappa shape index (κ3) is 3.61. The molecule has 0 saturated carbocycles. The van der Waals surface area contributed by atoms with E-state index in [1.807, 2.05) is 0 Å². The van der Waals surface area contributed by atoms with E-state index in [0.717, 1.165) is 25.7 Å². The molecule has 3 rings (SSSR count). The van der Waals surface area contributed by atoms with Gasteiger partial charge in [0.2, 0.25) is 0 Å². The first kappa shape index (κ1) is 15.3. The number of ketones is 1. The van der Waals surface area contributed by atoms with Crippen LogP contribution < -0.4 is 10.1 Å². The summed E-state index contributed by atoms with van der Waals surface area (Å²) in [7, 11) is 0. The van der Waals surface area contributed by atoms with E-state index in [-0.39, 0.29) is 17.5 Å². The van der Waals surface area contributed by atoms with E-state index < -0.39 is 6.36 Å². The lowest BCUT2D eigenvalue weighted by Gasteiger charge is -2.39. The number of halogens is 3. The van der Waals surface area contributed by atoms with Gasteiger partial charge in [0.05, 0.1) is 0 Å². The second kappa shape index (κ2) is 5.91. The zero-order chi connectivity index (χ0) is 15.7. The molecule has 0 radical (unpaired) electrons. The van der Waals surface area contributed by atoms with Crippen LogP contribution in [0.3, 0.4) is 0 Å². The van der Waals surface area contributed by atoms with Gasteiger partial charge in [-0.25, -0.2) is 0 Å². The number of carbonyl (C=O) groups is 1. The molecule has 1 N–H and O–H groups in total. The zero-order valence-corrected chi connectivity index (χ0v) is 12.0. The van der Waals surface area contributed by atoms with Crippen LogP contribution in [0.1, 0.15) is 42.5 Å². The van der Waals surface area contributed by atoms with Gasteiger partial charge in [-0.1, -0.05) is 18.6 Å². The van der Waals surface area contributed by atoms with Crippen LogP contribution in [0.15, 0.2) is 24.3 Å². The SMILES string of the molecule is O=C(c1cccc(OC(F)(F)F)c1)C1CC2CCCC(C1)N2. The minimum atomic E-state index is -4.74. The van der Waals surface area contributed by atoms with E-state index in [1.165, 1.54) is 24.6 Å². The molecule has 1 aromatic carbocycles. The molecule has 3 nitrogen and oxygen atoms in total. The van der Waals surface area contributed by atoms with Gasteiger partial charge in [0, 0.05) is 23.6 Å². The second-order valence-electron chi connectivity index (χ2n) is 6.10. The predicted molar refractivity (Wildman–Crippen MR) is 74.7 cm³/mol. The number of carbonyl (C=O) groups excluding carboxylic acids is 1. The first-order valence-electron chi connectivity index (χ1n) is 7.57. The fourth-order valence-electron chi connectivity index (χ4n) is 3.56. The van der Waals surface area contributed by atoms with E-state index >= 15 is 0 Å². The second-order valence-corrected chi connectivity index (χ2v) is 6.10. The Kier molecular flexibility index (Phi) is 4.12. The van der Waals surface area contributed by atoms with Crippen LogP contribution in [-0.2, 0) is 0 Å². The number of alkyl halides is 3. The highest BCUT2D eigenvalue weighted by Gasteiger charge is 2.35. The Bertz CT molecular complexity index is 547. The van der Waals surface area contributed by atoms with Gasteiger partial charge in [-0.2, -0.15) is 0 Å². The van der Waals surface area contributed by atoms with E-state index in [4.69, 9.17) is 0 Å². The fourth-order valence-corrected chi connectivity index (χ4v) is 3.56. The maximum atomic E-state index is 12.6. The van der Waals surface area contributed by atoms with Crippen molar-refractivity contribution < 1.29 is 22.7 Å². The Morgan fingerprint density at radius 2 is 1.86 bits per heavy atom. The monoisotopic (exact) mass is 313 g/mol. The zero-order valence-electron chi connectivity index (χ0n) is 12.0. The average Bonchev–Trinajstić information content (AvgIpc) is 2.44. The Labute approximate surface area is 126 Å². The quantitative estimate of drug-likeness (QED) is 0.865. The predicted octanol–water partition coefficient (Wildman–Crippen LogP) is 3.69. The normalized spacial score (nSPS) is 28.2. The van der Waals surface area contributed by atoms with Crippen molar-refractivity contribution in [3.8, 4) is 5.75 Å². The maximum Gasteiger partial charge on any atom is 0.573 e. The number of piperidine rings is 2. The first-order valence-corrected chi connectivity index (χ1v) is 7.57. The number of hydrogen-bond donors (Lipinski definition) is 1. The van der Waals surface area contributed by atoms with Crippen molar-refractivity contribution in [3.05, 3.63) is 29.8 Å². The van der Waals surface area contributed by atoms with Crippen LogP contribution >= 0.6 is 0 Å². The highest BCUT2D eigenvalue weighted by molar-refractivity contribution is 5.98. The minimum Gasteiger partial charge on any atom is -0.406 e. The number of benzene rings is 1. The third-order valence-electron chi connectivity index (χ3n) is 4.44. The number of hydrogen-bond acceptors (Lipinski definition) is 3. The van der Waals surface area contributed by atoms with Crippen LogP contribution in [0.4, 0.5) is 13.2 Å². The van der Waals surface area contributed by atoms with E-state index in [1.54, 1.807) is 6.07 Å². The summed E-state index contributed by atoms with van der Waals surface area (Å²) in [5.74, 6) is -0.531. The van der Waals surface area contributed by atoms with E-state index in [0.29, 0.717) is 17.6 Å². The smallest absolute Gasteiger partial charge is 0.406 e. The summed E-state index contributed by atoms with van der Waals surface area (Å²) in [6.45, 7) is 0. The van der Waals surface area contributed by atoms with Gasteiger partial charge < -0.3 is 10.1 Å². The molecule has 2 bridgehead atoms. The lowest BCUT2D eigenvalue weighted by atomic mass is 9.77. The summed E-state index contributed by atoms with van der Waals surface area (Å²) in [5, 5.41) is 3.51. The van der Waals surface area contributed by atoms with Crippen molar-refractivity contribution in [2.75, 3.05) is 0 Å². The van der Waals surface area contributed by atoms with E-state index in [9.17, 15) is 18.0 Å². The standard InChI is InChI=1S/C16H18F3NO2/c17-16(18,19)22-14-6-1-3-10(9-14)15(21)11-7-12-4-2-5-13(8-11)20-12/h1,3,6,9,11-13,20H,2,4-5,7-8H2. The molecule has 0 spiro atoms. The molecule has 0 aromatic heterocycles. The summed E-state index contributed by atoms with van der Waals surface area (Å²) >= 11 is 0. The molecule has 2 saturated heterocycles. The molecule has 120 valence electrons. The molecule has 0 amide bonds. The van der Waals surface area contributed by atoms with Crippen LogP contribution in [0.2, 0.25) is 0 Å². The Morgan fingerprint density at radius 3 is 2.50 bits per heavy atom. The van der Waals surface area contributed by atoms with Crippen LogP contribution in [0, 0.1) is 5.92 Å². The van der Waals surface area contributed by atoms with Crippen molar-refractivity contribution >= 4 is 5.78 Å². The molecule has 6 heteroatoms. The van der Waals surface area contributed by atoms with Gasteiger partial charge in [0.1, 0.15) is 5.75 Å². The Balaban J connectivity index is 1.73. The van der Waals surface area contributed by atoms with Crippen molar-refractivity contribution in [1.82, 2.24) is 5.32 Å². The van der Waals surface area contributed by atoms with Gasteiger partial charge in [0.15, 0.2) is 5.78 Å². The molecule has 2 unspecified atom stereocenters. The van der Waals surface area contributed by atoms with E-state index in [2.05, 4.69) is 10.1 Å². The van der Waals surface area contributed by atoms with Crippen LogP contribution in [0.5, 0.6) is 5.75 Å². The number of Topliss-reactive ketones (excluding diaryl/α,β-unsaturated/α-hetero) is 1. The highest BCUT2D eigenvalue weighted by Crippen LogP contribution is 2.32. The highest BCUT2D eigenvalue weighted by atomic mass is 19.4. The lowest BCUT2D eigenvalue weighted by Crippen LogP contribution is -2.50. The molecular weight excluding hydrogens is 295 g/mol. The molecule has 0 aliphatic carbocycles. The Morgan fingerprint density at radius 1 is 1.18 bits per heavy atom. The third-order valence-corrected chi connectivity index (χ3v) is 4.44. The summed E-state index contributed by atoms with van der Waals surface area (Å²) < 4.78 is 40.7. The Hall–Kier alpha value is -1.56.